The average molecular weight is 226 g/mol. The van der Waals surface area contributed by atoms with Crippen molar-refractivity contribution >= 4 is 5.97 Å². The predicted octanol–water partition coefficient (Wildman–Crippen LogP) is 0.877. The molecule has 0 spiro atoms. The smallest absolute Gasteiger partial charge is 0.303 e. The first kappa shape index (κ1) is 11.9. The number of nitrogens with zero attached hydrogens (tertiary/aromatic N) is 2. The van der Waals surface area contributed by atoms with Crippen molar-refractivity contribution in [2.24, 2.45) is 5.92 Å². The Hall–Kier alpha value is -0.610. The van der Waals surface area contributed by atoms with Gasteiger partial charge in [-0.1, -0.05) is 0 Å². The van der Waals surface area contributed by atoms with Crippen LogP contribution in [0.5, 0.6) is 0 Å². The maximum absolute atomic E-state index is 10.9. The Kier molecular flexibility index (Phi) is 3.82. The van der Waals surface area contributed by atoms with E-state index in [-0.39, 0.29) is 0 Å². The molecule has 0 aliphatic carbocycles. The van der Waals surface area contributed by atoms with Crippen molar-refractivity contribution in [3.8, 4) is 0 Å². The van der Waals surface area contributed by atoms with Crippen molar-refractivity contribution in [3.05, 3.63) is 0 Å². The summed E-state index contributed by atoms with van der Waals surface area (Å²) in [6.07, 6.45) is 3.81. The summed E-state index contributed by atoms with van der Waals surface area (Å²) in [5.41, 5.74) is 0. The zero-order valence-corrected chi connectivity index (χ0v) is 10.1. The van der Waals surface area contributed by atoms with Crippen LogP contribution in [-0.2, 0) is 4.79 Å². The summed E-state index contributed by atoms with van der Waals surface area (Å²) in [6, 6.07) is 0.470. The SMILES string of the molecule is CN1CCCN2CCCC(CC(=O)O)C2C1. The number of likely N-dealkylation sites (N-methyl/N-ethyl adjacent to an activating group) is 1. The minimum Gasteiger partial charge on any atom is -0.481 e. The number of carbonyl (C=O) groups is 1. The van der Waals surface area contributed by atoms with E-state index >= 15 is 0 Å². The normalized spacial score (nSPS) is 33.1. The maximum Gasteiger partial charge on any atom is 0.303 e. The Labute approximate surface area is 97.2 Å². The number of hydrogen-bond donors (Lipinski definition) is 1. The zero-order valence-electron chi connectivity index (χ0n) is 10.1. The molecule has 4 heteroatoms. The molecule has 2 aliphatic rings. The standard InChI is InChI=1S/C12H22N2O2/c1-13-5-3-7-14-6-2-4-10(8-12(15)16)11(14)9-13/h10-11H,2-9H2,1H3,(H,15,16). The van der Waals surface area contributed by atoms with Crippen molar-refractivity contribution in [1.29, 1.82) is 0 Å². The molecule has 0 aromatic rings. The van der Waals surface area contributed by atoms with Crippen molar-refractivity contribution in [2.45, 2.75) is 31.7 Å². The van der Waals surface area contributed by atoms with Crippen LogP contribution in [0.25, 0.3) is 0 Å². The third-order valence-corrected chi connectivity index (χ3v) is 3.95. The summed E-state index contributed by atoms with van der Waals surface area (Å²) in [7, 11) is 2.15. The molecule has 0 bridgehead atoms. The molecule has 2 heterocycles. The van der Waals surface area contributed by atoms with Crippen LogP contribution in [0.3, 0.4) is 0 Å². The molecule has 0 saturated carbocycles. The molecular formula is C12H22N2O2. The van der Waals surface area contributed by atoms with E-state index < -0.39 is 5.97 Å². The van der Waals surface area contributed by atoms with Gasteiger partial charge >= 0.3 is 5.97 Å². The van der Waals surface area contributed by atoms with Gasteiger partial charge in [-0.05, 0) is 51.9 Å². The molecule has 2 rings (SSSR count). The lowest BCUT2D eigenvalue weighted by atomic mass is 9.86. The molecular weight excluding hydrogens is 204 g/mol. The second-order valence-corrected chi connectivity index (χ2v) is 5.22. The molecule has 2 fully saturated rings. The molecule has 1 N–H and O–H groups in total. The Morgan fingerprint density at radius 2 is 2.06 bits per heavy atom. The summed E-state index contributed by atoms with van der Waals surface area (Å²) in [5.74, 6) is -0.287. The lowest BCUT2D eigenvalue weighted by Gasteiger charge is -2.40. The van der Waals surface area contributed by atoms with Gasteiger partial charge in [0.15, 0.2) is 0 Å². The highest BCUT2D eigenvalue weighted by atomic mass is 16.4. The summed E-state index contributed by atoms with van der Waals surface area (Å²) < 4.78 is 0. The fraction of sp³-hybridized carbons (Fsp3) is 0.917. The van der Waals surface area contributed by atoms with Gasteiger partial charge in [-0.15, -0.1) is 0 Å². The molecule has 2 unspecified atom stereocenters. The van der Waals surface area contributed by atoms with E-state index in [9.17, 15) is 4.79 Å². The van der Waals surface area contributed by atoms with Crippen LogP contribution in [0.1, 0.15) is 25.7 Å². The number of aliphatic carboxylic acids is 1. The van der Waals surface area contributed by atoms with E-state index in [1.807, 2.05) is 0 Å². The average Bonchev–Trinajstić information content (AvgIpc) is 2.39. The second-order valence-electron chi connectivity index (χ2n) is 5.22. The van der Waals surface area contributed by atoms with Gasteiger partial charge in [0, 0.05) is 19.0 Å². The van der Waals surface area contributed by atoms with Crippen LogP contribution in [-0.4, -0.2) is 60.1 Å². The number of fused-ring (bicyclic) bond motifs is 1. The first-order chi connectivity index (χ1) is 7.66. The second kappa shape index (κ2) is 5.15. The molecule has 2 saturated heterocycles. The molecule has 0 radical (unpaired) electrons. The van der Waals surface area contributed by atoms with E-state index in [0.717, 1.165) is 39.0 Å². The van der Waals surface area contributed by atoms with E-state index in [2.05, 4.69) is 16.8 Å². The van der Waals surface area contributed by atoms with E-state index in [1.165, 1.54) is 6.42 Å². The highest BCUT2D eigenvalue weighted by molar-refractivity contribution is 5.67. The maximum atomic E-state index is 10.9. The van der Waals surface area contributed by atoms with Gasteiger partial charge in [-0.25, -0.2) is 0 Å². The van der Waals surface area contributed by atoms with Crippen LogP contribution in [0.15, 0.2) is 0 Å². The summed E-state index contributed by atoms with van der Waals surface area (Å²) in [5, 5.41) is 8.96. The predicted molar refractivity (Wildman–Crippen MR) is 62.5 cm³/mol. The van der Waals surface area contributed by atoms with Crippen molar-refractivity contribution in [1.82, 2.24) is 9.80 Å². The number of carboxylic acids is 1. The highest BCUT2D eigenvalue weighted by Crippen LogP contribution is 2.28. The van der Waals surface area contributed by atoms with Gasteiger partial charge in [-0.2, -0.15) is 0 Å². The van der Waals surface area contributed by atoms with Gasteiger partial charge in [0.25, 0.3) is 0 Å². The molecule has 16 heavy (non-hydrogen) atoms. The Balaban J connectivity index is 2.04. The van der Waals surface area contributed by atoms with E-state index in [1.54, 1.807) is 0 Å². The van der Waals surface area contributed by atoms with Gasteiger partial charge in [0.05, 0.1) is 0 Å². The third kappa shape index (κ3) is 2.74. The first-order valence-corrected chi connectivity index (χ1v) is 6.31. The summed E-state index contributed by atoms with van der Waals surface area (Å²) in [6.45, 7) is 4.49. The van der Waals surface area contributed by atoms with Crippen LogP contribution in [0, 0.1) is 5.92 Å². The minimum absolute atomic E-state index is 0.342. The molecule has 2 aliphatic heterocycles. The fourth-order valence-electron chi connectivity index (χ4n) is 3.17. The fourth-order valence-corrected chi connectivity index (χ4v) is 3.17. The van der Waals surface area contributed by atoms with Crippen molar-refractivity contribution in [2.75, 3.05) is 33.2 Å². The molecule has 4 nitrogen and oxygen atoms in total. The van der Waals surface area contributed by atoms with E-state index in [4.69, 9.17) is 5.11 Å². The lowest BCUT2D eigenvalue weighted by Crippen LogP contribution is -2.49. The minimum atomic E-state index is -0.640. The Bertz CT molecular complexity index is 257. The zero-order chi connectivity index (χ0) is 11.5. The number of rotatable bonds is 2. The number of carboxylic acid groups (broad SMARTS) is 1. The van der Waals surface area contributed by atoms with Crippen LogP contribution in [0.2, 0.25) is 0 Å². The van der Waals surface area contributed by atoms with Crippen molar-refractivity contribution < 1.29 is 9.90 Å². The quantitative estimate of drug-likeness (QED) is 0.759. The Morgan fingerprint density at radius 1 is 1.31 bits per heavy atom. The number of hydrogen-bond acceptors (Lipinski definition) is 3. The lowest BCUT2D eigenvalue weighted by molar-refractivity contribution is -0.139. The Morgan fingerprint density at radius 3 is 2.81 bits per heavy atom. The first-order valence-electron chi connectivity index (χ1n) is 6.31. The molecule has 0 amide bonds. The van der Waals surface area contributed by atoms with Crippen molar-refractivity contribution in [3.63, 3.8) is 0 Å². The van der Waals surface area contributed by atoms with Crippen LogP contribution in [0.4, 0.5) is 0 Å². The largest absolute Gasteiger partial charge is 0.481 e. The third-order valence-electron chi connectivity index (χ3n) is 3.95. The molecule has 92 valence electrons. The van der Waals surface area contributed by atoms with Gasteiger partial charge in [-0.3, -0.25) is 9.69 Å². The molecule has 0 aromatic carbocycles. The topological polar surface area (TPSA) is 43.8 Å². The summed E-state index contributed by atoms with van der Waals surface area (Å²) >= 11 is 0. The van der Waals surface area contributed by atoms with Crippen LogP contribution < -0.4 is 0 Å². The molecule has 0 aromatic heterocycles. The monoisotopic (exact) mass is 226 g/mol. The summed E-state index contributed by atoms with van der Waals surface area (Å²) in [4.78, 5) is 15.7. The number of piperidine rings is 1. The highest BCUT2D eigenvalue weighted by Gasteiger charge is 2.34. The van der Waals surface area contributed by atoms with Gasteiger partial charge < -0.3 is 10.0 Å². The van der Waals surface area contributed by atoms with E-state index in [0.29, 0.717) is 18.4 Å². The van der Waals surface area contributed by atoms with Crippen LogP contribution >= 0.6 is 0 Å². The van der Waals surface area contributed by atoms with Gasteiger partial charge in [0.1, 0.15) is 0 Å². The molecule has 2 atom stereocenters. The van der Waals surface area contributed by atoms with Gasteiger partial charge in [0.2, 0.25) is 0 Å².